The molecule has 1 saturated heterocycles. The number of ether oxygens (including phenoxy) is 1. The van der Waals surface area contributed by atoms with Crippen LogP contribution < -0.4 is 4.74 Å². The quantitative estimate of drug-likeness (QED) is 0.459. The zero-order chi connectivity index (χ0) is 23.3. The molecule has 2 aromatic carbocycles. The second-order valence-electron chi connectivity index (χ2n) is 6.73. The normalized spacial score (nSPS) is 16.9. The smallest absolute Gasteiger partial charge is 0.344 e. The summed E-state index contributed by atoms with van der Waals surface area (Å²) in [6, 6.07) is 12.8. The first-order valence-electron chi connectivity index (χ1n) is 9.52. The maximum atomic E-state index is 12.9. The van der Waals surface area contributed by atoms with Gasteiger partial charge in [-0.05, 0) is 66.7 Å². The number of rotatable bonds is 8. The minimum Gasteiger partial charge on any atom is -0.479 e. The Bertz CT molecular complexity index is 1110. The number of aliphatic carboxylic acids is 1. The van der Waals surface area contributed by atoms with Crippen LogP contribution in [0.2, 0.25) is 0 Å². The fraction of sp³-hybridized carbons (Fsp3) is 0.130. The highest BCUT2D eigenvalue weighted by Crippen LogP contribution is 2.34. The first-order chi connectivity index (χ1) is 15.3. The number of hydrogen-bond acceptors (Lipinski definition) is 6. The molecule has 1 fully saturated rings. The average molecular weight is 452 g/mol. The zero-order valence-electron chi connectivity index (χ0n) is 17.1. The van der Waals surface area contributed by atoms with E-state index < -0.39 is 18.0 Å². The van der Waals surface area contributed by atoms with Crippen LogP contribution in [0.5, 0.6) is 5.75 Å². The number of carbonyl (C=O) groups excluding carboxylic acids is 1. The van der Waals surface area contributed by atoms with Crippen molar-refractivity contribution in [2.45, 2.75) is 13.0 Å². The summed E-state index contributed by atoms with van der Waals surface area (Å²) in [7, 11) is 0. The Morgan fingerprint density at radius 3 is 2.38 bits per heavy atom. The Kier molecular flexibility index (Phi) is 7.11. The number of benzene rings is 2. The highest BCUT2D eigenvalue weighted by Gasteiger charge is 2.32. The van der Waals surface area contributed by atoms with E-state index in [0.29, 0.717) is 21.5 Å². The summed E-state index contributed by atoms with van der Waals surface area (Å²) < 4.78 is 5.31. The van der Waals surface area contributed by atoms with Crippen LogP contribution in [0.4, 0.5) is 5.69 Å². The number of hydrogen-bond donors (Lipinski definition) is 2. The van der Waals surface area contributed by atoms with Crippen molar-refractivity contribution in [3.8, 4) is 5.75 Å². The number of aliphatic imine (C=N–C) groups is 1. The van der Waals surface area contributed by atoms with Crippen molar-refractivity contribution in [3.63, 3.8) is 0 Å². The van der Waals surface area contributed by atoms with Crippen molar-refractivity contribution in [1.82, 2.24) is 4.90 Å². The Balaban J connectivity index is 1.82. The van der Waals surface area contributed by atoms with Gasteiger partial charge in [0.2, 0.25) is 0 Å². The molecule has 3 rings (SSSR count). The van der Waals surface area contributed by atoms with Crippen LogP contribution in [0.15, 0.2) is 71.1 Å². The van der Waals surface area contributed by atoms with Gasteiger partial charge in [0.15, 0.2) is 11.3 Å². The SMILES string of the molecule is C=CCN1C(=O)/C(=C/c2ccc(OC(C)C(=O)O)cc2)SC1=Nc1ccc(C(=O)O)cc1. The molecule has 0 bridgehead atoms. The molecule has 1 amide bonds. The second-order valence-corrected chi connectivity index (χ2v) is 7.74. The van der Waals surface area contributed by atoms with E-state index >= 15 is 0 Å². The van der Waals surface area contributed by atoms with E-state index in [1.54, 1.807) is 48.6 Å². The Hall–Kier alpha value is -3.85. The third-order valence-corrected chi connectivity index (χ3v) is 5.38. The molecular weight excluding hydrogens is 432 g/mol. The van der Waals surface area contributed by atoms with Crippen LogP contribution in [-0.4, -0.2) is 50.8 Å². The number of carbonyl (C=O) groups is 3. The van der Waals surface area contributed by atoms with Gasteiger partial charge in [-0.2, -0.15) is 0 Å². The third kappa shape index (κ3) is 5.44. The molecule has 1 atom stereocenters. The standard InChI is InChI=1S/C23H20N2O6S/c1-3-12-25-20(26)19(13-15-4-10-18(11-5-15)31-14(2)21(27)28)32-23(25)24-17-8-6-16(7-9-17)22(29)30/h3-11,13-14H,1,12H2,2H3,(H,27,28)(H,29,30)/b19-13-,24-23?. The van der Waals surface area contributed by atoms with Gasteiger partial charge in [0, 0.05) is 6.54 Å². The fourth-order valence-electron chi connectivity index (χ4n) is 2.72. The summed E-state index contributed by atoms with van der Waals surface area (Å²) in [4.78, 5) is 41.2. The van der Waals surface area contributed by atoms with Crippen LogP contribution in [0.3, 0.4) is 0 Å². The van der Waals surface area contributed by atoms with Crippen molar-refractivity contribution < 1.29 is 29.3 Å². The highest BCUT2D eigenvalue weighted by molar-refractivity contribution is 8.18. The van der Waals surface area contributed by atoms with Gasteiger partial charge in [-0.1, -0.05) is 18.2 Å². The fourth-order valence-corrected chi connectivity index (χ4v) is 3.73. The molecule has 0 radical (unpaired) electrons. The number of carboxylic acid groups (broad SMARTS) is 2. The molecule has 1 aliphatic heterocycles. The molecule has 0 aromatic heterocycles. The van der Waals surface area contributed by atoms with Gasteiger partial charge < -0.3 is 14.9 Å². The first-order valence-corrected chi connectivity index (χ1v) is 10.3. The van der Waals surface area contributed by atoms with Crippen molar-refractivity contribution >= 4 is 46.5 Å². The van der Waals surface area contributed by atoms with Crippen molar-refractivity contribution in [3.05, 3.63) is 77.2 Å². The van der Waals surface area contributed by atoms with Crippen LogP contribution >= 0.6 is 11.8 Å². The molecule has 0 spiro atoms. The molecule has 9 heteroatoms. The second kappa shape index (κ2) is 9.97. The van der Waals surface area contributed by atoms with E-state index in [4.69, 9.17) is 14.9 Å². The van der Waals surface area contributed by atoms with E-state index in [0.717, 1.165) is 5.56 Å². The van der Waals surface area contributed by atoms with Gasteiger partial charge in [-0.3, -0.25) is 9.69 Å². The van der Waals surface area contributed by atoms with Crippen LogP contribution in [0, 0.1) is 0 Å². The lowest BCUT2D eigenvalue weighted by molar-refractivity contribution is -0.144. The Morgan fingerprint density at radius 1 is 1.16 bits per heavy atom. The molecule has 1 heterocycles. The Labute approximate surface area is 188 Å². The zero-order valence-corrected chi connectivity index (χ0v) is 17.9. The lowest BCUT2D eigenvalue weighted by Gasteiger charge is -2.12. The lowest BCUT2D eigenvalue weighted by atomic mass is 10.2. The van der Waals surface area contributed by atoms with E-state index in [2.05, 4.69) is 11.6 Å². The maximum Gasteiger partial charge on any atom is 0.344 e. The molecule has 2 N–H and O–H groups in total. The summed E-state index contributed by atoms with van der Waals surface area (Å²) >= 11 is 1.20. The van der Waals surface area contributed by atoms with E-state index in [9.17, 15) is 14.4 Å². The number of carboxylic acids is 2. The van der Waals surface area contributed by atoms with Gasteiger partial charge in [-0.15, -0.1) is 6.58 Å². The average Bonchev–Trinajstić information content (AvgIpc) is 3.04. The molecule has 32 heavy (non-hydrogen) atoms. The predicted octanol–water partition coefficient (Wildman–Crippen LogP) is 4.03. The van der Waals surface area contributed by atoms with Crippen LogP contribution in [0.1, 0.15) is 22.8 Å². The summed E-state index contributed by atoms with van der Waals surface area (Å²) in [5.74, 6) is -1.90. The van der Waals surface area contributed by atoms with E-state index in [-0.39, 0.29) is 18.0 Å². The summed E-state index contributed by atoms with van der Waals surface area (Å²) in [6.45, 7) is 5.40. The maximum absolute atomic E-state index is 12.9. The largest absolute Gasteiger partial charge is 0.479 e. The molecule has 0 saturated carbocycles. The summed E-state index contributed by atoms with van der Waals surface area (Å²) in [6.07, 6.45) is 2.34. The van der Waals surface area contributed by atoms with Gasteiger partial charge >= 0.3 is 11.9 Å². The number of aromatic carboxylic acids is 1. The molecular formula is C23H20N2O6S. The number of thioether (sulfide) groups is 1. The van der Waals surface area contributed by atoms with E-state index in [1.807, 2.05) is 0 Å². The summed E-state index contributed by atoms with van der Waals surface area (Å²) in [5.41, 5.74) is 1.41. The lowest BCUT2D eigenvalue weighted by Crippen LogP contribution is -2.29. The molecule has 1 unspecified atom stereocenters. The van der Waals surface area contributed by atoms with Gasteiger partial charge in [-0.25, -0.2) is 14.6 Å². The van der Waals surface area contributed by atoms with Gasteiger partial charge in [0.25, 0.3) is 5.91 Å². The number of amidine groups is 1. The molecule has 0 aliphatic carbocycles. The van der Waals surface area contributed by atoms with Gasteiger partial charge in [0.1, 0.15) is 5.75 Å². The minimum absolute atomic E-state index is 0.151. The van der Waals surface area contributed by atoms with E-state index in [1.165, 1.54) is 35.7 Å². The van der Waals surface area contributed by atoms with Crippen molar-refractivity contribution in [1.29, 1.82) is 0 Å². The molecule has 2 aromatic rings. The van der Waals surface area contributed by atoms with Crippen molar-refractivity contribution in [2.24, 2.45) is 4.99 Å². The first kappa shape index (κ1) is 22.8. The predicted molar refractivity (Wildman–Crippen MR) is 122 cm³/mol. The van der Waals surface area contributed by atoms with Crippen LogP contribution in [0.25, 0.3) is 6.08 Å². The monoisotopic (exact) mass is 452 g/mol. The topological polar surface area (TPSA) is 117 Å². The van der Waals surface area contributed by atoms with Crippen molar-refractivity contribution in [2.75, 3.05) is 6.54 Å². The highest BCUT2D eigenvalue weighted by atomic mass is 32.2. The summed E-state index contributed by atoms with van der Waals surface area (Å²) in [5, 5.41) is 18.4. The van der Waals surface area contributed by atoms with Crippen LogP contribution in [-0.2, 0) is 9.59 Å². The molecule has 1 aliphatic rings. The number of amides is 1. The Morgan fingerprint density at radius 2 is 1.81 bits per heavy atom. The van der Waals surface area contributed by atoms with Gasteiger partial charge in [0.05, 0.1) is 16.2 Å². The molecule has 164 valence electrons. The minimum atomic E-state index is -1.06. The number of nitrogens with zero attached hydrogens (tertiary/aromatic N) is 2. The third-order valence-electron chi connectivity index (χ3n) is 4.38. The molecule has 8 nitrogen and oxygen atoms in total.